The first-order valence-electron chi connectivity index (χ1n) is 23.5. The van der Waals surface area contributed by atoms with Crippen LogP contribution in [0.4, 0.5) is 68.2 Å². The molecule has 10 rings (SSSR count). The summed E-state index contributed by atoms with van der Waals surface area (Å²) in [5.74, 6) is 0. The number of anilines is 12. The standard InChI is InChI=1S/C64H54N4S/c1-64(2,3)49-42-58(65(50-26-11-4-12-27-50)51-28-13-5-14-29-51)44-59(43-49)68(56-38-23-10-24-39-56)57-40-25-41-62(46-57)69-63-47-60(66(52-30-15-6-16-31-52)53-32-17-7-18-33-53)45-61(48-63)67(54-34-19-8-20-35-54)55-36-21-9-22-37-55/h4-48H,1-3H3. The van der Waals surface area contributed by atoms with Gasteiger partial charge in [0.1, 0.15) is 0 Å². The van der Waals surface area contributed by atoms with Crippen molar-refractivity contribution in [1.82, 2.24) is 0 Å². The molecule has 0 amide bonds. The Bertz CT molecular complexity index is 3000. The fourth-order valence-electron chi connectivity index (χ4n) is 8.82. The zero-order valence-corrected chi connectivity index (χ0v) is 40.0. The third-order valence-electron chi connectivity index (χ3n) is 12.1. The van der Waals surface area contributed by atoms with Gasteiger partial charge in [0.15, 0.2) is 0 Å². The second-order valence-electron chi connectivity index (χ2n) is 18.0. The van der Waals surface area contributed by atoms with Gasteiger partial charge < -0.3 is 19.6 Å². The fourth-order valence-corrected chi connectivity index (χ4v) is 9.78. The minimum absolute atomic E-state index is 0.132. The van der Waals surface area contributed by atoms with Gasteiger partial charge in [0.25, 0.3) is 0 Å². The van der Waals surface area contributed by atoms with Crippen LogP contribution in [0.1, 0.15) is 26.3 Å². The first-order valence-corrected chi connectivity index (χ1v) is 24.3. The minimum atomic E-state index is -0.132. The third-order valence-corrected chi connectivity index (χ3v) is 13.1. The van der Waals surface area contributed by atoms with Crippen LogP contribution in [-0.2, 0) is 5.41 Å². The van der Waals surface area contributed by atoms with E-state index in [1.165, 1.54) is 5.56 Å². The Labute approximate surface area is 412 Å². The van der Waals surface area contributed by atoms with Crippen LogP contribution in [0.3, 0.4) is 0 Å². The molecule has 10 aromatic carbocycles. The second-order valence-corrected chi connectivity index (χ2v) is 19.1. The molecule has 0 saturated carbocycles. The summed E-state index contributed by atoms with van der Waals surface area (Å²) < 4.78 is 0. The first kappa shape index (κ1) is 44.6. The van der Waals surface area contributed by atoms with E-state index in [0.717, 1.165) is 78.0 Å². The highest BCUT2D eigenvalue weighted by Gasteiger charge is 2.24. The van der Waals surface area contributed by atoms with Crippen molar-refractivity contribution in [2.24, 2.45) is 0 Å². The highest BCUT2D eigenvalue weighted by atomic mass is 32.2. The van der Waals surface area contributed by atoms with Crippen LogP contribution in [-0.4, -0.2) is 0 Å². The molecule has 4 nitrogen and oxygen atoms in total. The Morgan fingerprint density at radius 1 is 0.232 bits per heavy atom. The van der Waals surface area contributed by atoms with E-state index in [0.29, 0.717) is 0 Å². The summed E-state index contributed by atoms with van der Waals surface area (Å²) in [6, 6.07) is 97.7. The van der Waals surface area contributed by atoms with Gasteiger partial charge in [-0.05, 0) is 151 Å². The van der Waals surface area contributed by atoms with Gasteiger partial charge in [0.2, 0.25) is 0 Å². The van der Waals surface area contributed by atoms with Crippen LogP contribution in [0.25, 0.3) is 0 Å². The SMILES string of the molecule is CC(C)(C)c1cc(N(c2ccccc2)c2ccccc2)cc(N(c2ccccc2)c2cccc(Sc3cc(N(c4ccccc4)c4ccccc4)cc(N(c4ccccc4)c4ccccc4)c3)c2)c1. The predicted octanol–water partition coefficient (Wildman–Crippen LogP) is 19.0. The summed E-state index contributed by atoms with van der Waals surface area (Å²) in [5.41, 5.74) is 14.1. The summed E-state index contributed by atoms with van der Waals surface area (Å²) in [6.07, 6.45) is 0. The Balaban J connectivity index is 1.13. The Hall–Kier alpha value is -8.25. The Morgan fingerprint density at radius 2 is 0.478 bits per heavy atom. The monoisotopic (exact) mass is 910 g/mol. The molecule has 0 aliphatic carbocycles. The van der Waals surface area contributed by atoms with Crippen LogP contribution in [0.5, 0.6) is 0 Å². The second kappa shape index (κ2) is 20.3. The number of benzene rings is 10. The molecule has 69 heavy (non-hydrogen) atoms. The van der Waals surface area contributed by atoms with E-state index in [-0.39, 0.29) is 5.41 Å². The molecule has 336 valence electrons. The lowest BCUT2D eigenvalue weighted by atomic mass is 9.86. The topological polar surface area (TPSA) is 13.0 Å². The molecule has 0 unspecified atom stereocenters. The van der Waals surface area contributed by atoms with Gasteiger partial charge >= 0.3 is 0 Å². The highest BCUT2D eigenvalue weighted by molar-refractivity contribution is 7.99. The maximum Gasteiger partial charge on any atom is 0.0493 e. The zero-order valence-electron chi connectivity index (χ0n) is 39.2. The van der Waals surface area contributed by atoms with E-state index in [9.17, 15) is 0 Å². The van der Waals surface area contributed by atoms with E-state index in [2.05, 4.69) is 313 Å². The molecule has 0 aromatic heterocycles. The number of nitrogens with zero attached hydrogens (tertiary/aromatic N) is 4. The van der Waals surface area contributed by atoms with Crippen LogP contribution in [0.15, 0.2) is 283 Å². The molecule has 0 atom stereocenters. The van der Waals surface area contributed by atoms with E-state index >= 15 is 0 Å². The van der Waals surface area contributed by atoms with Gasteiger partial charge in [-0.15, -0.1) is 0 Å². The molecule has 5 heteroatoms. The van der Waals surface area contributed by atoms with Crippen molar-refractivity contribution in [3.63, 3.8) is 0 Å². The van der Waals surface area contributed by atoms with Gasteiger partial charge in [-0.25, -0.2) is 0 Å². The normalized spacial score (nSPS) is 11.2. The largest absolute Gasteiger partial charge is 0.310 e. The first-order chi connectivity index (χ1) is 33.9. The van der Waals surface area contributed by atoms with Crippen LogP contribution >= 0.6 is 11.8 Å². The molecule has 0 fully saturated rings. The predicted molar refractivity (Wildman–Crippen MR) is 294 cm³/mol. The molecule has 0 aliphatic heterocycles. The Morgan fingerprint density at radius 3 is 0.768 bits per heavy atom. The lowest BCUT2D eigenvalue weighted by Gasteiger charge is -2.32. The lowest BCUT2D eigenvalue weighted by molar-refractivity contribution is 0.590. The number of rotatable bonds is 14. The van der Waals surface area contributed by atoms with Gasteiger partial charge in [-0.3, -0.25) is 0 Å². The van der Waals surface area contributed by atoms with Crippen LogP contribution in [0.2, 0.25) is 0 Å². The maximum absolute atomic E-state index is 2.40. The van der Waals surface area contributed by atoms with E-state index < -0.39 is 0 Å². The summed E-state index contributed by atoms with van der Waals surface area (Å²) in [4.78, 5) is 11.7. The van der Waals surface area contributed by atoms with Crippen molar-refractivity contribution < 1.29 is 0 Å². The average molecular weight is 911 g/mol. The number of para-hydroxylation sites is 7. The lowest BCUT2D eigenvalue weighted by Crippen LogP contribution is -2.17. The van der Waals surface area contributed by atoms with E-state index in [1.807, 2.05) is 0 Å². The molecule has 0 N–H and O–H groups in total. The summed E-state index contributed by atoms with van der Waals surface area (Å²) in [5, 5.41) is 0. The third kappa shape index (κ3) is 10.2. The van der Waals surface area contributed by atoms with E-state index in [1.54, 1.807) is 11.8 Å². The molecule has 0 bridgehead atoms. The fraction of sp³-hybridized carbons (Fsp3) is 0.0625. The Kier molecular flexibility index (Phi) is 13.1. The van der Waals surface area contributed by atoms with Gasteiger partial charge in [-0.2, -0.15) is 0 Å². The number of hydrogen-bond acceptors (Lipinski definition) is 5. The smallest absolute Gasteiger partial charge is 0.0493 e. The van der Waals surface area contributed by atoms with Crippen molar-refractivity contribution in [3.8, 4) is 0 Å². The van der Waals surface area contributed by atoms with Gasteiger partial charge in [-0.1, -0.05) is 166 Å². The zero-order chi connectivity index (χ0) is 47.0. The maximum atomic E-state index is 2.40. The summed E-state index contributed by atoms with van der Waals surface area (Å²) in [6.45, 7) is 6.89. The van der Waals surface area contributed by atoms with Crippen molar-refractivity contribution in [2.75, 3.05) is 19.6 Å². The molecule has 0 spiro atoms. The number of hydrogen-bond donors (Lipinski definition) is 0. The molecule has 0 saturated heterocycles. The summed E-state index contributed by atoms with van der Waals surface area (Å²) >= 11 is 1.78. The minimum Gasteiger partial charge on any atom is -0.310 e. The van der Waals surface area contributed by atoms with Gasteiger partial charge in [0, 0.05) is 78.0 Å². The average Bonchev–Trinajstić information content (AvgIpc) is 3.39. The summed E-state index contributed by atoms with van der Waals surface area (Å²) in [7, 11) is 0. The highest BCUT2D eigenvalue weighted by Crippen LogP contribution is 2.47. The molecule has 0 aliphatic rings. The van der Waals surface area contributed by atoms with Crippen LogP contribution in [0, 0.1) is 0 Å². The molecule has 10 aromatic rings. The van der Waals surface area contributed by atoms with Crippen LogP contribution < -0.4 is 19.6 Å². The molecular formula is C64H54N4S. The van der Waals surface area contributed by atoms with Crippen molar-refractivity contribution in [3.05, 3.63) is 279 Å². The quantitative estimate of drug-likeness (QED) is 0.107. The van der Waals surface area contributed by atoms with Crippen molar-refractivity contribution in [1.29, 1.82) is 0 Å². The van der Waals surface area contributed by atoms with Crippen molar-refractivity contribution >= 4 is 80.0 Å². The molecule has 0 radical (unpaired) electrons. The van der Waals surface area contributed by atoms with E-state index in [4.69, 9.17) is 0 Å². The van der Waals surface area contributed by atoms with Gasteiger partial charge in [0.05, 0.1) is 0 Å². The molecule has 0 heterocycles. The van der Waals surface area contributed by atoms with Crippen molar-refractivity contribution in [2.45, 2.75) is 36.0 Å². The molecular weight excluding hydrogens is 857 g/mol.